The molecule has 0 saturated heterocycles. The van der Waals surface area contributed by atoms with Crippen molar-refractivity contribution in [3.8, 4) is 0 Å². The summed E-state index contributed by atoms with van der Waals surface area (Å²) in [6.45, 7) is 3.70. The van der Waals surface area contributed by atoms with E-state index in [9.17, 15) is 4.79 Å². The Kier molecular flexibility index (Phi) is 2.85. The van der Waals surface area contributed by atoms with Crippen LogP contribution in [0.4, 0.5) is 0 Å². The number of nitrogens with zero attached hydrogens (tertiary/aromatic N) is 1. The summed E-state index contributed by atoms with van der Waals surface area (Å²) >= 11 is 0. The molecule has 8 heavy (non-hydrogen) atoms. The van der Waals surface area contributed by atoms with Gasteiger partial charge in [-0.15, -0.1) is 0 Å². The summed E-state index contributed by atoms with van der Waals surface area (Å²) in [5, 5.41) is 0. The van der Waals surface area contributed by atoms with Gasteiger partial charge in [-0.1, -0.05) is 0 Å². The van der Waals surface area contributed by atoms with Crippen molar-refractivity contribution in [1.82, 2.24) is 0 Å². The fourth-order valence-electron chi connectivity index (χ4n) is 0.156. The molecule has 3 nitrogen and oxygen atoms in total. The third kappa shape index (κ3) is 2.87. The van der Waals surface area contributed by atoms with E-state index >= 15 is 0 Å². The SMILES string of the molecule is C[Si](C)(N=C=O)O[SiH3]. The Morgan fingerprint density at radius 2 is 2.25 bits per heavy atom. The molecular formula is C3H9NO2Si2. The Morgan fingerprint density at radius 1 is 1.75 bits per heavy atom. The maximum atomic E-state index is 9.66. The van der Waals surface area contributed by atoms with Crippen molar-refractivity contribution in [2.75, 3.05) is 0 Å². The maximum Gasteiger partial charge on any atom is 0.317 e. The van der Waals surface area contributed by atoms with E-state index in [4.69, 9.17) is 4.12 Å². The number of hydrogen-bond acceptors (Lipinski definition) is 3. The summed E-state index contributed by atoms with van der Waals surface area (Å²) in [5.74, 6) is 0. The van der Waals surface area contributed by atoms with Gasteiger partial charge in [0.2, 0.25) is 6.08 Å². The Bertz CT molecular complexity index is 118. The monoisotopic (exact) mass is 147 g/mol. The fraction of sp³-hybridized carbons (Fsp3) is 0.667. The van der Waals surface area contributed by atoms with Crippen LogP contribution in [0.5, 0.6) is 0 Å². The topological polar surface area (TPSA) is 38.7 Å². The first-order valence-electron chi connectivity index (χ1n) is 2.26. The van der Waals surface area contributed by atoms with Gasteiger partial charge in [-0.25, -0.2) is 9.45 Å². The smallest absolute Gasteiger partial charge is 0.317 e. The van der Waals surface area contributed by atoms with E-state index in [1.165, 1.54) is 6.08 Å². The molecule has 0 aromatic rings. The number of hydrogen-bond donors (Lipinski definition) is 0. The maximum absolute atomic E-state index is 9.66. The highest BCUT2D eigenvalue weighted by Gasteiger charge is 2.18. The van der Waals surface area contributed by atoms with E-state index in [0.717, 1.165) is 0 Å². The molecule has 0 amide bonds. The number of carbonyl (C=O) groups excluding carboxylic acids is 1. The van der Waals surface area contributed by atoms with Crippen LogP contribution in [0, 0.1) is 0 Å². The van der Waals surface area contributed by atoms with Crippen LogP contribution >= 0.6 is 0 Å². The van der Waals surface area contributed by atoms with Gasteiger partial charge in [0, 0.05) is 0 Å². The van der Waals surface area contributed by atoms with Gasteiger partial charge in [0.1, 0.15) is 10.5 Å². The summed E-state index contributed by atoms with van der Waals surface area (Å²) in [4.78, 5) is 9.66. The van der Waals surface area contributed by atoms with Crippen molar-refractivity contribution >= 4 is 25.0 Å². The van der Waals surface area contributed by atoms with Crippen LogP contribution in [0.1, 0.15) is 0 Å². The van der Waals surface area contributed by atoms with Crippen LogP contribution in [0.3, 0.4) is 0 Å². The Hall–Kier alpha value is -0.226. The molecule has 0 radical (unpaired) electrons. The van der Waals surface area contributed by atoms with Crippen molar-refractivity contribution in [2.24, 2.45) is 4.66 Å². The predicted octanol–water partition coefficient (Wildman–Crippen LogP) is -0.679. The zero-order valence-corrected chi connectivity index (χ0v) is 8.26. The van der Waals surface area contributed by atoms with Crippen molar-refractivity contribution in [3.05, 3.63) is 0 Å². The van der Waals surface area contributed by atoms with Crippen molar-refractivity contribution < 1.29 is 8.91 Å². The van der Waals surface area contributed by atoms with Crippen LogP contribution < -0.4 is 0 Å². The zero-order chi connectivity index (χ0) is 6.62. The number of isocyanates is 1. The Morgan fingerprint density at radius 3 is 2.38 bits per heavy atom. The average molecular weight is 147 g/mol. The first-order valence-corrected chi connectivity index (χ1v) is 5.94. The van der Waals surface area contributed by atoms with E-state index in [2.05, 4.69) is 4.66 Å². The van der Waals surface area contributed by atoms with Crippen molar-refractivity contribution in [1.29, 1.82) is 0 Å². The summed E-state index contributed by atoms with van der Waals surface area (Å²) in [6, 6.07) is 0. The minimum absolute atomic E-state index is 0.651. The van der Waals surface area contributed by atoms with Gasteiger partial charge in [0.05, 0.1) is 0 Å². The summed E-state index contributed by atoms with van der Waals surface area (Å²) in [5.41, 5.74) is 0. The van der Waals surface area contributed by atoms with Crippen LogP contribution in [0.2, 0.25) is 13.1 Å². The fourth-order valence-corrected chi connectivity index (χ4v) is 0.741. The van der Waals surface area contributed by atoms with Gasteiger partial charge in [0.25, 0.3) is 0 Å². The molecule has 0 spiro atoms. The first kappa shape index (κ1) is 7.77. The molecule has 0 fully saturated rings. The Labute approximate surface area is 52.5 Å². The Balaban J connectivity index is 3.90. The van der Waals surface area contributed by atoms with E-state index in [1.807, 2.05) is 13.1 Å². The van der Waals surface area contributed by atoms with Gasteiger partial charge in [-0.2, -0.15) is 0 Å². The summed E-state index contributed by atoms with van der Waals surface area (Å²) in [7, 11) is -1.26. The lowest BCUT2D eigenvalue weighted by Crippen LogP contribution is -2.26. The van der Waals surface area contributed by atoms with E-state index in [-0.39, 0.29) is 0 Å². The quantitative estimate of drug-likeness (QED) is 0.295. The highest BCUT2D eigenvalue weighted by atomic mass is 28.4. The second kappa shape index (κ2) is 2.93. The van der Waals surface area contributed by atoms with E-state index in [1.54, 1.807) is 0 Å². The molecule has 0 heterocycles. The second-order valence-corrected chi connectivity index (χ2v) is 6.60. The van der Waals surface area contributed by atoms with Gasteiger partial charge in [-0.05, 0) is 13.1 Å². The molecule has 0 rings (SSSR count). The predicted molar refractivity (Wildman–Crippen MR) is 36.6 cm³/mol. The normalized spacial score (nSPS) is 10.8. The molecule has 0 N–H and O–H groups in total. The summed E-state index contributed by atoms with van der Waals surface area (Å²) < 4.78 is 8.55. The molecule has 0 aliphatic rings. The minimum atomic E-state index is -1.91. The lowest BCUT2D eigenvalue weighted by Gasteiger charge is -2.09. The van der Waals surface area contributed by atoms with Crippen molar-refractivity contribution in [2.45, 2.75) is 13.1 Å². The third-order valence-electron chi connectivity index (χ3n) is 0.814. The van der Waals surface area contributed by atoms with E-state index < -0.39 is 8.48 Å². The second-order valence-electron chi connectivity index (χ2n) is 1.85. The molecule has 46 valence electrons. The van der Waals surface area contributed by atoms with Gasteiger partial charge in [0.15, 0.2) is 0 Å². The molecule has 0 aromatic carbocycles. The van der Waals surface area contributed by atoms with Gasteiger partial charge < -0.3 is 4.12 Å². The third-order valence-corrected chi connectivity index (χ3v) is 5.44. The molecule has 0 unspecified atom stereocenters. The van der Waals surface area contributed by atoms with Gasteiger partial charge in [-0.3, -0.25) is 0 Å². The molecule has 0 aliphatic carbocycles. The van der Waals surface area contributed by atoms with Gasteiger partial charge >= 0.3 is 8.48 Å². The first-order chi connectivity index (χ1) is 3.62. The molecule has 5 heteroatoms. The molecule has 0 bridgehead atoms. The average Bonchev–Trinajstić information content (AvgIpc) is 1.67. The van der Waals surface area contributed by atoms with Crippen LogP contribution in [0.15, 0.2) is 4.66 Å². The minimum Gasteiger partial charge on any atom is -0.448 e. The zero-order valence-electron chi connectivity index (χ0n) is 5.26. The highest BCUT2D eigenvalue weighted by molar-refractivity contribution is 6.72. The summed E-state index contributed by atoms with van der Waals surface area (Å²) in [6.07, 6.45) is 1.49. The largest absolute Gasteiger partial charge is 0.448 e. The highest BCUT2D eigenvalue weighted by Crippen LogP contribution is 2.00. The lowest BCUT2D eigenvalue weighted by molar-refractivity contribution is 0.561. The molecule has 0 atom stereocenters. The van der Waals surface area contributed by atoms with Crippen LogP contribution in [-0.4, -0.2) is 25.0 Å². The molecular weight excluding hydrogens is 138 g/mol. The van der Waals surface area contributed by atoms with Crippen LogP contribution in [-0.2, 0) is 8.91 Å². The van der Waals surface area contributed by atoms with Crippen molar-refractivity contribution in [3.63, 3.8) is 0 Å². The molecule has 0 saturated carbocycles. The van der Waals surface area contributed by atoms with Crippen LogP contribution in [0.25, 0.3) is 0 Å². The number of rotatable bonds is 2. The molecule has 0 aromatic heterocycles. The standard InChI is InChI=1S/C3H9NO2Si2/c1-8(2,6-7)4-3-5/h1-2,7H3. The molecule has 0 aliphatic heterocycles. The lowest BCUT2D eigenvalue weighted by atomic mass is 11.7. The van der Waals surface area contributed by atoms with E-state index in [0.29, 0.717) is 10.5 Å².